The first-order valence-electron chi connectivity index (χ1n) is 2.88. The first-order valence-corrected chi connectivity index (χ1v) is 8.63. The minimum Gasteiger partial charge on any atom is -0.309 e. The zero-order valence-corrected chi connectivity index (χ0v) is 8.26. The molecule has 0 atom stereocenters. The average molecular weight is 169 g/mol. The van der Waals surface area contributed by atoms with Crippen LogP contribution in [0.1, 0.15) is 0 Å². The van der Waals surface area contributed by atoms with Gasteiger partial charge in [0.1, 0.15) is 0 Å². The molecule has 0 bridgehead atoms. The van der Waals surface area contributed by atoms with Gasteiger partial charge in [-0.25, -0.2) is 0 Å². The molecule has 0 amide bonds. The third kappa shape index (κ3) is 8.25. The van der Waals surface area contributed by atoms with Crippen molar-refractivity contribution >= 4 is 17.1 Å². The Kier molecular flexibility index (Phi) is 2.54. The molecule has 1 nitrogen and oxygen atoms in total. The van der Waals surface area contributed by atoms with Gasteiger partial charge in [0.25, 0.3) is 0 Å². The number of hydrogen-bond donors (Lipinski definition) is 1. The van der Waals surface area contributed by atoms with Gasteiger partial charge in [0, 0.05) is 0 Å². The van der Waals surface area contributed by atoms with E-state index in [9.17, 15) is 8.22 Å². The molecule has 0 heterocycles. The lowest BCUT2D eigenvalue weighted by molar-refractivity contribution is 0.730. The molecule has 0 aromatic heterocycles. The van der Waals surface area contributed by atoms with Gasteiger partial charge in [-0.3, -0.25) is 8.22 Å². The quantitative estimate of drug-likeness (QED) is 0.492. The molecule has 1 N–H and O–H groups in total. The topological polar surface area (TPSA) is 12.0 Å². The summed E-state index contributed by atoms with van der Waals surface area (Å²) in [4.78, 5) is 0. The van der Waals surface area contributed by atoms with E-state index in [0.717, 1.165) is 0 Å². The monoisotopic (exact) mass is 169 g/mol. The molecule has 0 radical (unpaired) electrons. The van der Waals surface area contributed by atoms with Crippen molar-refractivity contribution in [1.29, 1.82) is 0 Å². The van der Waals surface area contributed by atoms with Gasteiger partial charge < -0.3 is 4.65 Å². The molecule has 0 unspecified atom stereocenters. The lowest BCUT2D eigenvalue weighted by Crippen LogP contribution is -2.54. The summed E-state index contributed by atoms with van der Waals surface area (Å²) in [5.41, 5.74) is 0. The first kappa shape index (κ1) is 9.25. The maximum Gasteiger partial charge on any atom is 0.308 e. The standard InChI is InChI=1S/C4H13F2NSi2/c1-8(2,5)7-9(3,4)6/h7H,1-4H3. The van der Waals surface area contributed by atoms with E-state index in [4.69, 9.17) is 0 Å². The van der Waals surface area contributed by atoms with Gasteiger partial charge in [-0.05, 0) is 26.2 Å². The van der Waals surface area contributed by atoms with E-state index in [2.05, 4.69) is 4.65 Å². The van der Waals surface area contributed by atoms with E-state index >= 15 is 0 Å². The van der Waals surface area contributed by atoms with Crippen LogP contribution in [0.4, 0.5) is 8.22 Å². The van der Waals surface area contributed by atoms with Gasteiger partial charge in [-0.2, -0.15) is 0 Å². The Morgan fingerprint density at radius 3 is 1.11 bits per heavy atom. The minimum absolute atomic E-state index is 1.45. The molecule has 9 heavy (non-hydrogen) atoms. The predicted octanol–water partition coefficient (Wildman–Crippen LogP) is 1.92. The van der Waals surface area contributed by atoms with Crippen molar-refractivity contribution in [2.45, 2.75) is 26.2 Å². The van der Waals surface area contributed by atoms with Crippen LogP contribution in [0.5, 0.6) is 0 Å². The van der Waals surface area contributed by atoms with Crippen molar-refractivity contribution in [3.05, 3.63) is 0 Å². The summed E-state index contributed by atoms with van der Waals surface area (Å²) in [6.45, 7) is 5.78. The Hall–Kier alpha value is 0.254. The highest BCUT2D eigenvalue weighted by molar-refractivity contribution is 6.84. The van der Waals surface area contributed by atoms with Crippen molar-refractivity contribution in [3.8, 4) is 0 Å². The molecule has 0 aromatic carbocycles. The van der Waals surface area contributed by atoms with Crippen LogP contribution >= 0.6 is 0 Å². The Labute approximate surface area is 57.0 Å². The zero-order chi connectivity index (χ0) is 7.71. The number of rotatable bonds is 2. The molecule has 0 aliphatic rings. The maximum absolute atomic E-state index is 12.7. The van der Waals surface area contributed by atoms with E-state index in [1.807, 2.05) is 0 Å². The molecule has 0 saturated carbocycles. The molecule has 0 rings (SSSR count). The lowest BCUT2D eigenvalue weighted by atomic mass is 11.9. The summed E-state index contributed by atoms with van der Waals surface area (Å²) in [5.74, 6) is 0. The van der Waals surface area contributed by atoms with E-state index in [1.165, 1.54) is 26.2 Å². The smallest absolute Gasteiger partial charge is 0.308 e. The van der Waals surface area contributed by atoms with Gasteiger partial charge in [0.05, 0.1) is 0 Å². The normalized spacial score (nSPS) is 14.0. The van der Waals surface area contributed by atoms with Gasteiger partial charge in [0.15, 0.2) is 0 Å². The molecular weight excluding hydrogens is 156 g/mol. The molecule has 0 saturated heterocycles. The van der Waals surface area contributed by atoms with Gasteiger partial charge in [0.2, 0.25) is 0 Å². The van der Waals surface area contributed by atoms with Crippen molar-refractivity contribution in [3.63, 3.8) is 0 Å². The maximum atomic E-state index is 12.7. The summed E-state index contributed by atoms with van der Waals surface area (Å²) in [6.07, 6.45) is 0. The van der Waals surface area contributed by atoms with Crippen LogP contribution in [0.2, 0.25) is 26.2 Å². The van der Waals surface area contributed by atoms with E-state index in [0.29, 0.717) is 0 Å². The number of hydrogen-bond acceptors (Lipinski definition) is 1. The molecule has 0 aromatic rings. The predicted molar refractivity (Wildman–Crippen MR) is 40.3 cm³/mol. The molecule has 0 fully saturated rings. The van der Waals surface area contributed by atoms with Crippen molar-refractivity contribution in [2.75, 3.05) is 0 Å². The Morgan fingerprint density at radius 1 is 0.889 bits per heavy atom. The van der Waals surface area contributed by atoms with Crippen LogP contribution in [0.3, 0.4) is 0 Å². The second-order valence-corrected chi connectivity index (χ2v) is 9.96. The van der Waals surface area contributed by atoms with Crippen LogP contribution < -0.4 is 4.65 Å². The molecule has 0 aliphatic heterocycles. The van der Waals surface area contributed by atoms with Gasteiger partial charge in [-0.15, -0.1) is 0 Å². The van der Waals surface area contributed by atoms with Crippen LogP contribution in [-0.4, -0.2) is 17.1 Å². The average Bonchev–Trinajstić information content (AvgIpc) is 1.14. The second kappa shape index (κ2) is 2.47. The zero-order valence-electron chi connectivity index (χ0n) is 6.26. The van der Waals surface area contributed by atoms with Gasteiger partial charge in [-0.1, -0.05) is 0 Å². The van der Waals surface area contributed by atoms with E-state index in [-0.39, 0.29) is 0 Å². The van der Waals surface area contributed by atoms with Crippen LogP contribution in [0.15, 0.2) is 0 Å². The molecule has 0 spiro atoms. The van der Waals surface area contributed by atoms with E-state index < -0.39 is 17.1 Å². The third-order valence-corrected chi connectivity index (χ3v) is 5.35. The molecule has 0 aliphatic carbocycles. The SMILES string of the molecule is C[Si](C)(F)N[Si](C)(C)F. The second-order valence-electron chi connectivity index (χ2n) is 3.07. The van der Waals surface area contributed by atoms with Crippen LogP contribution in [0.25, 0.3) is 0 Å². The lowest BCUT2D eigenvalue weighted by Gasteiger charge is -2.20. The summed E-state index contributed by atoms with van der Waals surface area (Å²) in [5, 5.41) is 0. The Morgan fingerprint density at radius 2 is 1.11 bits per heavy atom. The highest BCUT2D eigenvalue weighted by Crippen LogP contribution is 2.05. The van der Waals surface area contributed by atoms with Crippen LogP contribution in [-0.2, 0) is 0 Å². The fourth-order valence-corrected chi connectivity index (χ4v) is 6.36. The fraction of sp³-hybridized carbons (Fsp3) is 1.00. The van der Waals surface area contributed by atoms with Gasteiger partial charge >= 0.3 is 17.1 Å². The highest BCUT2D eigenvalue weighted by atomic mass is 28.5. The Balaban J connectivity index is 3.75. The number of nitrogens with one attached hydrogen (secondary N) is 1. The third-order valence-electron chi connectivity index (χ3n) is 0.594. The summed E-state index contributed by atoms with van der Waals surface area (Å²) >= 11 is 0. The first-order chi connectivity index (χ1) is 3.71. The largest absolute Gasteiger partial charge is 0.309 e. The minimum atomic E-state index is -2.86. The summed E-state index contributed by atoms with van der Waals surface area (Å²) in [7, 11) is -5.71. The summed E-state index contributed by atoms with van der Waals surface area (Å²) in [6, 6.07) is 0. The molecule has 5 heteroatoms. The fourth-order valence-electron chi connectivity index (χ4n) is 0.707. The van der Waals surface area contributed by atoms with E-state index in [1.54, 1.807) is 0 Å². The van der Waals surface area contributed by atoms with Crippen molar-refractivity contribution in [1.82, 2.24) is 4.65 Å². The van der Waals surface area contributed by atoms with Crippen molar-refractivity contribution < 1.29 is 8.22 Å². The summed E-state index contributed by atoms with van der Waals surface area (Å²) < 4.78 is 27.8. The highest BCUT2D eigenvalue weighted by Gasteiger charge is 2.32. The van der Waals surface area contributed by atoms with Crippen LogP contribution in [0, 0.1) is 0 Å². The number of halogens is 2. The molecule has 56 valence electrons. The molecular formula is C4H13F2NSi2. The van der Waals surface area contributed by atoms with Crippen molar-refractivity contribution in [2.24, 2.45) is 0 Å². The Bertz CT molecular complexity index is 81.7.